The zero-order chi connectivity index (χ0) is 16.5. The number of aromatic nitrogens is 2. The van der Waals surface area contributed by atoms with Gasteiger partial charge in [-0.05, 0) is 29.9 Å². The Hall–Kier alpha value is -1.73. The number of fused-ring (bicyclic) bond motifs is 1. The predicted molar refractivity (Wildman–Crippen MR) is 88.7 cm³/mol. The molecule has 6 nitrogen and oxygen atoms in total. The zero-order valence-corrected chi connectivity index (χ0v) is 14.6. The first-order valence-electron chi connectivity index (χ1n) is 8.56. The van der Waals surface area contributed by atoms with Crippen molar-refractivity contribution < 1.29 is 14.1 Å². The highest BCUT2D eigenvalue weighted by Crippen LogP contribution is 2.36. The summed E-state index contributed by atoms with van der Waals surface area (Å²) in [5.74, 6) is 1.38. The summed E-state index contributed by atoms with van der Waals surface area (Å²) in [5, 5.41) is 6.15. The van der Waals surface area contributed by atoms with E-state index in [9.17, 15) is 4.79 Å². The lowest BCUT2D eigenvalue weighted by molar-refractivity contribution is -0.135. The number of carbonyl (C=O) groups is 1. The second-order valence-corrected chi connectivity index (χ2v) is 7.26. The van der Waals surface area contributed by atoms with E-state index in [1.807, 2.05) is 11.8 Å². The fourth-order valence-corrected chi connectivity index (χ4v) is 4.47. The summed E-state index contributed by atoms with van der Waals surface area (Å²) >= 11 is 1.75. The van der Waals surface area contributed by atoms with Gasteiger partial charge in [-0.2, -0.15) is 4.98 Å². The molecule has 4 rings (SSSR count). The van der Waals surface area contributed by atoms with E-state index < -0.39 is 0 Å². The molecule has 0 spiro atoms. The summed E-state index contributed by atoms with van der Waals surface area (Å²) in [4.78, 5) is 20.5. The Morgan fingerprint density at radius 3 is 3.25 bits per heavy atom. The number of rotatable bonds is 4. The van der Waals surface area contributed by atoms with Crippen LogP contribution in [0, 0.1) is 0 Å². The molecule has 0 unspecified atom stereocenters. The van der Waals surface area contributed by atoms with Crippen molar-refractivity contribution in [1.29, 1.82) is 0 Å². The van der Waals surface area contributed by atoms with Crippen LogP contribution in [0.3, 0.4) is 0 Å². The van der Waals surface area contributed by atoms with Crippen molar-refractivity contribution in [3.05, 3.63) is 33.6 Å². The van der Waals surface area contributed by atoms with E-state index in [0.29, 0.717) is 31.2 Å². The Kier molecular flexibility index (Phi) is 4.37. The van der Waals surface area contributed by atoms with E-state index in [1.165, 1.54) is 10.4 Å². The monoisotopic (exact) mass is 347 g/mol. The molecule has 2 atom stereocenters. The smallest absolute Gasteiger partial charge is 0.226 e. The maximum absolute atomic E-state index is 12.9. The fourth-order valence-electron chi connectivity index (χ4n) is 3.55. The molecule has 4 heterocycles. The molecule has 0 aliphatic carbocycles. The molecule has 0 radical (unpaired) electrons. The Bertz CT molecular complexity index is 726. The van der Waals surface area contributed by atoms with Gasteiger partial charge in [-0.15, -0.1) is 11.3 Å². The standard InChI is InChI=1S/C17H21N3O3S/c1-2-15-18-17(19-23-15)12-4-3-7-20(12)16(21)10-13-11-6-9-24-14(11)5-8-22-13/h6,9,12-13H,2-5,7-8,10H2,1H3/t12-,13+/m1/s1. The van der Waals surface area contributed by atoms with Crippen molar-refractivity contribution >= 4 is 17.2 Å². The summed E-state index contributed by atoms with van der Waals surface area (Å²) in [7, 11) is 0. The quantitative estimate of drug-likeness (QED) is 0.850. The maximum atomic E-state index is 12.9. The van der Waals surface area contributed by atoms with Gasteiger partial charge in [0.1, 0.15) is 0 Å². The van der Waals surface area contributed by atoms with Gasteiger partial charge < -0.3 is 14.2 Å². The molecule has 2 aromatic rings. The number of amides is 1. The topological polar surface area (TPSA) is 68.5 Å². The third-order valence-electron chi connectivity index (χ3n) is 4.79. The van der Waals surface area contributed by atoms with Crippen LogP contribution >= 0.6 is 11.3 Å². The van der Waals surface area contributed by atoms with Gasteiger partial charge in [-0.3, -0.25) is 4.79 Å². The molecule has 24 heavy (non-hydrogen) atoms. The van der Waals surface area contributed by atoms with E-state index >= 15 is 0 Å². The van der Waals surface area contributed by atoms with Crippen LogP contribution in [0.25, 0.3) is 0 Å². The molecule has 7 heteroatoms. The van der Waals surface area contributed by atoms with Crippen LogP contribution in [0.15, 0.2) is 16.0 Å². The minimum atomic E-state index is -0.120. The van der Waals surface area contributed by atoms with E-state index in [0.717, 1.165) is 25.8 Å². The summed E-state index contributed by atoms with van der Waals surface area (Å²) < 4.78 is 11.1. The highest BCUT2D eigenvalue weighted by atomic mass is 32.1. The predicted octanol–water partition coefficient (Wildman–Crippen LogP) is 3.06. The number of carbonyl (C=O) groups excluding carboxylic acids is 1. The molecule has 0 bridgehead atoms. The van der Waals surface area contributed by atoms with Gasteiger partial charge in [0.15, 0.2) is 5.82 Å². The van der Waals surface area contributed by atoms with Crippen LogP contribution in [0.5, 0.6) is 0 Å². The molecule has 128 valence electrons. The largest absolute Gasteiger partial charge is 0.373 e. The first-order valence-corrected chi connectivity index (χ1v) is 9.44. The summed E-state index contributed by atoms with van der Waals surface area (Å²) in [6.07, 6.45) is 3.80. The summed E-state index contributed by atoms with van der Waals surface area (Å²) in [6, 6.07) is 2.03. The van der Waals surface area contributed by atoms with Crippen molar-refractivity contribution in [2.24, 2.45) is 0 Å². The lowest BCUT2D eigenvalue weighted by Crippen LogP contribution is -2.33. The highest BCUT2D eigenvalue weighted by Gasteiger charge is 2.35. The van der Waals surface area contributed by atoms with Gasteiger partial charge in [0.25, 0.3) is 0 Å². The van der Waals surface area contributed by atoms with Crippen LogP contribution in [0.4, 0.5) is 0 Å². The molecular weight excluding hydrogens is 326 g/mol. The molecule has 1 fully saturated rings. The normalized spacial score (nSPS) is 23.5. The third kappa shape index (κ3) is 2.86. The van der Waals surface area contributed by atoms with Gasteiger partial charge >= 0.3 is 0 Å². The average Bonchev–Trinajstić information content (AvgIpc) is 3.33. The Morgan fingerprint density at radius 1 is 1.50 bits per heavy atom. The maximum Gasteiger partial charge on any atom is 0.226 e. The second-order valence-electron chi connectivity index (χ2n) is 6.26. The molecule has 2 aliphatic heterocycles. The minimum Gasteiger partial charge on any atom is -0.373 e. The molecule has 0 aromatic carbocycles. The first-order chi connectivity index (χ1) is 11.8. The SMILES string of the molecule is CCc1nc([C@H]2CCCN2C(=O)C[C@@H]2OCCc3sccc32)no1. The zero-order valence-electron chi connectivity index (χ0n) is 13.7. The number of nitrogens with zero attached hydrogens (tertiary/aromatic N) is 3. The molecule has 1 amide bonds. The lowest BCUT2D eigenvalue weighted by atomic mass is 10.0. The Labute approximate surface area is 144 Å². The molecule has 2 aliphatic rings. The molecule has 2 aromatic heterocycles. The van der Waals surface area contributed by atoms with Gasteiger partial charge in [-0.1, -0.05) is 12.1 Å². The summed E-state index contributed by atoms with van der Waals surface area (Å²) in [6.45, 7) is 3.43. The fraction of sp³-hybridized carbons (Fsp3) is 0.588. The van der Waals surface area contributed by atoms with Crippen LogP contribution in [0.2, 0.25) is 0 Å². The van der Waals surface area contributed by atoms with Gasteiger partial charge in [-0.25, -0.2) is 0 Å². The van der Waals surface area contributed by atoms with Gasteiger partial charge in [0.2, 0.25) is 11.8 Å². The number of hydrogen-bond donors (Lipinski definition) is 0. The van der Waals surface area contributed by atoms with Crippen molar-refractivity contribution in [2.45, 2.75) is 51.2 Å². The van der Waals surface area contributed by atoms with Crippen LogP contribution in [0.1, 0.15) is 60.5 Å². The van der Waals surface area contributed by atoms with Crippen molar-refractivity contribution in [3.63, 3.8) is 0 Å². The van der Waals surface area contributed by atoms with Crippen LogP contribution in [-0.2, 0) is 22.4 Å². The first kappa shape index (κ1) is 15.8. The molecular formula is C17H21N3O3S. The van der Waals surface area contributed by atoms with Crippen LogP contribution < -0.4 is 0 Å². The van der Waals surface area contributed by atoms with E-state index in [2.05, 4.69) is 21.6 Å². The van der Waals surface area contributed by atoms with Crippen molar-refractivity contribution in [2.75, 3.05) is 13.2 Å². The highest BCUT2D eigenvalue weighted by molar-refractivity contribution is 7.10. The van der Waals surface area contributed by atoms with Crippen molar-refractivity contribution in [1.82, 2.24) is 15.0 Å². The number of aryl methyl sites for hydroxylation is 1. The summed E-state index contributed by atoms with van der Waals surface area (Å²) in [5.41, 5.74) is 1.18. The van der Waals surface area contributed by atoms with Gasteiger partial charge in [0, 0.05) is 24.3 Å². The molecule has 0 N–H and O–H groups in total. The number of thiophene rings is 1. The number of hydrogen-bond acceptors (Lipinski definition) is 6. The Balaban J connectivity index is 1.48. The molecule has 0 saturated carbocycles. The number of ether oxygens (including phenoxy) is 1. The lowest BCUT2D eigenvalue weighted by Gasteiger charge is -2.27. The second kappa shape index (κ2) is 6.64. The van der Waals surface area contributed by atoms with E-state index in [1.54, 1.807) is 11.3 Å². The van der Waals surface area contributed by atoms with Crippen LogP contribution in [-0.4, -0.2) is 34.1 Å². The molecule has 1 saturated heterocycles. The minimum absolute atomic E-state index is 0.0629. The van der Waals surface area contributed by atoms with E-state index in [4.69, 9.17) is 9.26 Å². The average molecular weight is 347 g/mol. The van der Waals surface area contributed by atoms with Gasteiger partial charge in [0.05, 0.1) is 25.2 Å². The van der Waals surface area contributed by atoms with Crippen molar-refractivity contribution in [3.8, 4) is 0 Å². The number of likely N-dealkylation sites (tertiary alicyclic amines) is 1. The third-order valence-corrected chi connectivity index (χ3v) is 5.79. The van der Waals surface area contributed by atoms with E-state index in [-0.39, 0.29) is 18.1 Å². The Morgan fingerprint density at radius 2 is 2.42 bits per heavy atom.